The molecule has 1 aliphatic heterocycles. The summed E-state index contributed by atoms with van der Waals surface area (Å²) in [4.78, 5) is 26.9. The molecule has 2 fully saturated rings. The number of aromatic hydroxyl groups is 1. The Bertz CT molecular complexity index is 775. The number of nitrogens with one attached hydrogen (secondary N) is 1. The van der Waals surface area contributed by atoms with E-state index >= 15 is 0 Å². The fraction of sp³-hybridized carbons (Fsp3) is 0.680. The topological polar surface area (TPSA) is 88.1 Å². The van der Waals surface area contributed by atoms with Crippen LogP contribution in [0, 0.1) is 11.3 Å². The van der Waals surface area contributed by atoms with Crippen LogP contribution in [0.1, 0.15) is 70.8 Å². The summed E-state index contributed by atoms with van der Waals surface area (Å²) < 4.78 is 10.9. The highest BCUT2D eigenvalue weighted by atomic mass is 16.6. The monoisotopic (exact) mass is 446 g/mol. The molecule has 32 heavy (non-hydrogen) atoms. The number of methoxy groups -OCH3 is 1. The second kappa shape index (κ2) is 10.9. The molecule has 178 valence electrons. The molecule has 0 bridgehead atoms. The molecule has 3 rings (SSSR count). The number of hydrogen-bond donors (Lipinski definition) is 2. The summed E-state index contributed by atoms with van der Waals surface area (Å²) in [6.45, 7) is 5.99. The van der Waals surface area contributed by atoms with Crippen LogP contribution in [0.3, 0.4) is 0 Å². The van der Waals surface area contributed by atoms with Gasteiger partial charge in [0.2, 0.25) is 5.91 Å². The van der Waals surface area contributed by atoms with Gasteiger partial charge in [-0.3, -0.25) is 4.79 Å². The van der Waals surface area contributed by atoms with Crippen LogP contribution in [0.5, 0.6) is 11.5 Å². The van der Waals surface area contributed by atoms with Gasteiger partial charge in [0, 0.05) is 25.6 Å². The van der Waals surface area contributed by atoms with Crippen LogP contribution in [-0.2, 0) is 16.1 Å². The van der Waals surface area contributed by atoms with Crippen molar-refractivity contribution in [1.29, 1.82) is 0 Å². The Morgan fingerprint density at radius 2 is 1.78 bits per heavy atom. The number of phenols is 1. The van der Waals surface area contributed by atoms with E-state index in [0.29, 0.717) is 43.6 Å². The Labute approximate surface area is 191 Å². The molecule has 0 aromatic heterocycles. The third-order valence-electron chi connectivity index (χ3n) is 7.60. The number of rotatable bonds is 7. The Kier molecular flexibility index (Phi) is 8.26. The van der Waals surface area contributed by atoms with Gasteiger partial charge in [-0.2, -0.15) is 0 Å². The molecule has 0 unspecified atom stereocenters. The number of nitrogens with zero attached hydrogens (tertiary/aromatic N) is 1. The van der Waals surface area contributed by atoms with Gasteiger partial charge in [-0.25, -0.2) is 4.79 Å². The zero-order valence-corrected chi connectivity index (χ0v) is 19.7. The number of carbonyl (C=O) groups is 2. The lowest BCUT2D eigenvalue weighted by Gasteiger charge is -2.39. The highest BCUT2D eigenvalue weighted by molar-refractivity contribution is 5.79. The predicted molar refractivity (Wildman–Crippen MR) is 123 cm³/mol. The van der Waals surface area contributed by atoms with E-state index in [4.69, 9.17) is 9.47 Å². The molecule has 1 heterocycles. The number of likely N-dealkylation sites (tertiary alicyclic amines) is 1. The van der Waals surface area contributed by atoms with Gasteiger partial charge in [0.25, 0.3) is 0 Å². The fourth-order valence-corrected chi connectivity index (χ4v) is 4.99. The molecule has 1 saturated carbocycles. The Morgan fingerprint density at radius 1 is 1.12 bits per heavy atom. The number of amides is 2. The standard InChI is InChI=1S/C25H38N2O5/c1-4-25(5-2)12-8-20(9-13-25)32-24(30)27-14-10-19(11-15-27)23(29)26-17-18-6-7-21(28)22(16-18)31-3/h6-7,16,19-20,28H,4-5,8-15,17H2,1-3H3,(H,26,29). The molecule has 0 atom stereocenters. The molecule has 2 N–H and O–H groups in total. The molecular formula is C25H38N2O5. The lowest BCUT2D eigenvalue weighted by atomic mass is 9.70. The second-order valence-electron chi connectivity index (χ2n) is 9.28. The molecule has 2 amide bonds. The molecular weight excluding hydrogens is 408 g/mol. The summed E-state index contributed by atoms with van der Waals surface area (Å²) in [5, 5.41) is 12.6. The van der Waals surface area contributed by atoms with Gasteiger partial charge in [-0.1, -0.05) is 32.8 Å². The van der Waals surface area contributed by atoms with Gasteiger partial charge in [-0.15, -0.1) is 0 Å². The van der Waals surface area contributed by atoms with E-state index in [1.54, 1.807) is 23.1 Å². The smallest absolute Gasteiger partial charge is 0.410 e. The van der Waals surface area contributed by atoms with E-state index in [1.165, 1.54) is 20.0 Å². The largest absolute Gasteiger partial charge is 0.504 e. The average Bonchev–Trinajstić information content (AvgIpc) is 2.84. The first-order valence-electron chi connectivity index (χ1n) is 12.0. The number of benzene rings is 1. The number of hydrogen-bond acceptors (Lipinski definition) is 5. The van der Waals surface area contributed by atoms with Gasteiger partial charge in [0.1, 0.15) is 6.10 Å². The van der Waals surface area contributed by atoms with Gasteiger partial charge in [0.05, 0.1) is 7.11 Å². The fourth-order valence-electron chi connectivity index (χ4n) is 4.99. The lowest BCUT2D eigenvalue weighted by molar-refractivity contribution is -0.126. The maximum atomic E-state index is 12.6. The van der Waals surface area contributed by atoms with Gasteiger partial charge < -0.3 is 24.8 Å². The summed E-state index contributed by atoms with van der Waals surface area (Å²) in [6.07, 6.45) is 7.63. The first kappa shape index (κ1) is 24.2. The minimum atomic E-state index is -0.231. The normalized spacial score (nSPS) is 19.4. The molecule has 1 aliphatic carbocycles. The lowest BCUT2D eigenvalue weighted by Crippen LogP contribution is -2.44. The molecule has 1 aromatic carbocycles. The van der Waals surface area contributed by atoms with Gasteiger partial charge in [0.15, 0.2) is 11.5 Å². The first-order chi connectivity index (χ1) is 15.4. The number of ether oxygens (including phenoxy) is 2. The van der Waals surface area contributed by atoms with Crippen molar-refractivity contribution >= 4 is 12.0 Å². The van der Waals surface area contributed by atoms with Crippen LogP contribution in [0.4, 0.5) is 4.79 Å². The molecule has 1 aromatic rings. The zero-order chi connectivity index (χ0) is 23.1. The van der Waals surface area contributed by atoms with Crippen molar-refractivity contribution < 1.29 is 24.2 Å². The van der Waals surface area contributed by atoms with Crippen LogP contribution < -0.4 is 10.1 Å². The van der Waals surface area contributed by atoms with E-state index in [9.17, 15) is 14.7 Å². The van der Waals surface area contributed by atoms with Crippen molar-refractivity contribution in [2.24, 2.45) is 11.3 Å². The molecule has 1 saturated heterocycles. The van der Waals surface area contributed by atoms with E-state index in [1.807, 2.05) is 0 Å². The summed E-state index contributed by atoms with van der Waals surface area (Å²) in [5.74, 6) is 0.344. The number of phenolic OH excluding ortho intramolecular Hbond substituents is 1. The van der Waals surface area contributed by atoms with Crippen molar-refractivity contribution in [3.8, 4) is 11.5 Å². The van der Waals surface area contributed by atoms with Crippen molar-refractivity contribution in [3.63, 3.8) is 0 Å². The molecule has 7 nitrogen and oxygen atoms in total. The third kappa shape index (κ3) is 5.87. The highest BCUT2D eigenvalue weighted by Gasteiger charge is 2.35. The molecule has 0 radical (unpaired) electrons. The Balaban J connectivity index is 1.40. The average molecular weight is 447 g/mol. The second-order valence-corrected chi connectivity index (χ2v) is 9.28. The van der Waals surface area contributed by atoms with Crippen LogP contribution in [0.15, 0.2) is 18.2 Å². The summed E-state index contributed by atoms with van der Waals surface area (Å²) in [6, 6.07) is 5.03. The van der Waals surface area contributed by atoms with Gasteiger partial charge >= 0.3 is 6.09 Å². The van der Waals surface area contributed by atoms with Crippen LogP contribution in [0.25, 0.3) is 0 Å². The van der Waals surface area contributed by atoms with Crippen molar-refractivity contribution in [3.05, 3.63) is 23.8 Å². The molecule has 2 aliphatic rings. The zero-order valence-electron chi connectivity index (χ0n) is 19.7. The van der Waals surface area contributed by atoms with E-state index in [-0.39, 0.29) is 29.8 Å². The maximum absolute atomic E-state index is 12.6. The van der Waals surface area contributed by atoms with Crippen molar-refractivity contribution in [2.45, 2.75) is 77.9 Å². The summed E-state index contributed by atoms with van der Waals surface area (Å²) in [5.41, 5.74) is 1.29. The Morgan fingerprint density at radius 3 is 2.38 bits per heavy atom. The summed E-state index contributed by atoms with van der Waals surface area (Å²) >= 11 is 0. The minimum Gasteiger partial charge on any atom is -0.504 e. The maximum Gasteiger partial charge on any atom is 0.410 e. The van der Waals surface area contributed by atoms with Crippen LogP contribution in [-0.4, -0.2) is 48.3 Å². The van der Waals surface area contributed by atoms with Crippen molar-refractivity contribution in [2.75, 3.05) is 20.2 Å². The van der Waals surface area contributed by atoms with E-state index < -0.39 is 0 Å². The predicted octanol–water partition coefficient (Wildman–Crippen LogP) is 4.61. The van der Waals surface area contributed by atoms with Crippen molar-refractivity contribution in [1.82, 2.24) is 10.2 Å². The van der Waals surface area contributed by atoms with Gasteiger partial charge in [-0.05, 0) is 61.6 Å². The minimum absolute atomic E-state index is 0.00666. The first-order valence-corrected chi connectivity index (χ1v) is 12.0. The van der Waals surface area contributed by atoms with Crippen LogP contribution >= 0.6 is 0 Å². The SMILES string of the molecule is CCC1(CC)CCC(OC(=O)N2CCC(C(=O)NCc3ccc(O)c(OC)c3)CC2)CC1. The highest BCUT2D eigenvalue weighted by Crippen LogP contribution is 2.42. The molecule has 7 heteroatoms. The number of carbonyl (C=O) groups excluding carboxylic acids is 2. The number of piperidine rings is 1. The Hall–Kier alpha value is -2.44. The van der Waals surface area contributed by atoms with E-state index in [0.717, 1.165) is 31.2 Å². The van der Waals surface area contributed by atoms with Crippen LogP contribution in [0.2, 0.25) is 0 Å². The molecule has 0 spiro atoms. The summed E-state index contributed by atoms with van der Waals surface area (Å²) in [7, 11) is 1.49. The third-order valence-corrected chi connectivity index (χ3v) is 7.60. The quantitative estimate of drug-likeness (QED) is 0.638. The van der Waals surface area contributed by atoms with E-state index in [2.05, 4.69) is 19.2 Å².